The smallest absolute Gasteiger partial charge is 0.230 e. The average molecular weight is 254 g/mol. The third kappa shape index (κ3) is 2.28. The van der Waals surface area contributed by atoms with Gasteiger partial charge in [0.1, 0.15) is 0 Å². The Balaban J connectivity index is 2.09. The number of nitrogens with zero attached hydrogens (tertiary/aromatic N) is 1. The number of ether oxygens (including phenoxy) is 1. The molecule has 0 aromatic rings. The Morgan fingerprint density at radius 3 is 2.61 bits per heavy atom. The maximum atomic E-state index is 12.7. The second-order valence-electron chi connectivity index (χ2n) is 6.40. The zero-order chi connectivity index (χ0) is 13.4. The zero-order valence-corrected chi connectivity index (χ0v) is 11.9. The highest BCUT2D eigenvalue weighted by molar-refractivity contribution is 5.83. The van der Waals surface area contributed by atoms with Gasteiger partial charge < -0.3 is 15.4 Å². The van der Waals surface area contributed by atoms with Crippen LogP contribution in [0, 0.1) is 5.41 Å². The van der Waals surface area contributed by atoms with Crippen molar-refractivity contribution in [1.82, 2.24) is 4.90 Å². The Bertz CT molecular complexity index is 334. The van der Waals surface area contributed by atoms with Crippen LogP contribution < -0.4 is 5.73 Å². The van der Waals surface area contributed by atoms with Gasteiger partial charge >= 0.3 is 0 Å². The second-order valence-corrected chi connectivity index (χ2v) is 6.40. The summed E-state index contributed by atoms with van der Waals surface area (Å²) in [5, 5.41) is 0. The van der Waals surface area contributed by atoms with Gasteiger partial charge in [0.25, 0.3) is 0 Å². The number of amides is 1. The molecule has 4 nitrogen and oxygen atoms in total. The molecule has 1 heterocycles. The molecular weight excluding hydrogens is 228 g/mol. The molecule has 2 aliphatic rings. The number of hydrogen-bond donors (Lipinski definition) is 1. The minimum absolute atomic E-state index is 0.0146. The van der Waals surface area contributed by atoms with E-state index in [2.05, 4.69) is 6.92 Å². The fraction of sp³-hybridized carbons (Fsp3) is 0.929. The number of rotatable bonds is 2. The summed E-state index contributed by atoms with van der Waals surface area (Å²) in [7, 11) is 1.73. The van der Waals surface area contributed by atoms with E-state index in [9.17, 15) is 4.79 Å². The van der Waals surface area contributed by atoms with Crippen molar-refractivity contribution < 1.29 is 9.53 Å². The van der Waals surface area contributed by atoms with Crippen LogP contribution in [-0.4, -0.2) is 42.6 Å². The normalized spacial score (nSPS) is 41.1. The quantitative estimate of drug-likeness (QED) is 0.813. The lowest BCUT2D eigenvalue weighted by molar-refractivity contribution is -0.149. The van der Waals surface area contributed by atoms with E-state index in [-0.39, 0.29) is 23.0 Å². The Morgan fingerprint density at radius 1 is 1.33 bits per heavy atom. The van der Waals surface area contributed by atoms with Crippen molar-refractivity contribution in [2.75, 3.05) is 20.2 Å². The number of carbonyl (C=O) groups is 1. The van der Waals surface area contributed by atoms with Crippen LogP contribution in [0.4, 0.5) is 0 Å². The van der Waals surface area contributed by atoms with Crippen molar-refractivity contribution in [2.45, 2.75) is 57.6 Å². The summed E-state index contributed by atoms with van der Waals surface area (Å²) in [5.74, 6) is 0.232. The number of likely N-dealkylation sites (tertiary alicyclic amines) is 1. The van der Waals surface area contributed by atoms with Crippen molar-refractivity contribution in [2.24, 2.45) is 11.1 Å². The van der Waals surface area contributed by atoms with Crippen LogP contribution in [0.1, 0.15) is 46.0 Å². The first kappa shape index (κ1) is 13.8. The molecule has 1 saturated carbocycles. The number of piperidine rings is 1. The summed E-state index contributed by atoms with van der Waals surface area (Å²) in [6.45, 7) is 5.67. The topological polar surface area (TPSA) is 55.6 Å². The Hall–Kier alpha value is -0.610. The molecular formula is C14H26N2O2. The lowest BCUT2D eigenvalue weighted by Crippen LogP contribution is -2.56. The second kappa shape index (κ2) is 4.82. The van der Waals surface area contributed by atoms with Crippen LogP contribution in [0.25, 0.3) is 0 Å². The first-order valence-corrected chi connectivity index (χ1v) is 7.01. The maximum Gasteiger partial charge on any atom is 0.230 e. The Labute approximate surface area is 110 Å². The molecule has 2 rings (SSSR count). The minimum Gasteiger partial charge on any atom is -0.377 e. The van der Waals surface area contributed by atoms with E-state index >= 15 is 0 Å². The van der Waals surface area contributed by atoms with Crippen molar-refractivity contribution in [3.8, 4) is 0 Å². The number of nitrogens with two attached hydrogens (primary N) is 1. The molecule has 1 amide bonds. The highest BCUT2D eigenvalue weighted by Gasteiger charge is 2.46. The molecule has 0 bridgehead atoms. The van der Waals surface area contributed by atoms with Gasteiger partial charge in [-0.25, -0.2) is 0 Å². The molecule has 2 fully saturated rings. The van der Waals surface area contributed by atoms with Crippen molar-refractivity contribution in [3.63, 3.8) is 0 Å². The van der Waals surface area contributed by atoms with E-state index < -0.39 is 0 Å². The summed E-state index contributed by atoms with van der Waals surface area (Å²) < 4.78 is 5.56. The van der Waals surface area contributed by atoms with Gasteiger partial charge in [0.15, 0.2) is 0 Å². The van der Waals surface area contributed by atoms with Crippen LogP contribution in [0.3, 0.4) is 0 Å². The zero-order valence-electron chi connectivity index (χ0n) is 11.9. The maximum absolute atomic E-state index is 12.7. The third-order valence-electron chi connectivity index (χ3n) is 4.96. The van der Waals surface area contributed by atoms with E-state index in [1.54, 1.807) is 7.11 Å². The summed E-state index contributed by atoms with van der Waals surface area (Å²) in [6, 6.07) is 0.0146. The van der Waals surface area contributed by atoms with E-state index in [0.717, 1.165) is 38.6 Å². The van der Waals surface area contributed by atoms with Gasteiger partial charge in [-0.05, 0) is 39.5 Å². The van der Waals surface area contributed by atoms with Crippen molar-refractivity contribution in [1.29, 1.82) is 0 Å². The fourth-order valence-corrected chi connectivity index (χ4v) is 3.37. The van der Waals surface area contributed by atoms with Gasteiger partial charge in [-0.2, -0.15) is 0 Å². The molecule has 1 saturated heterocycles. The van der Waals surface area contributed by atoms with Crippen LogP contribution in [0.5, 0.6) is 0 Å². The summed E-state index contributed by atoms with van der Waals surface area (Å²) in [4.78, 5) is 14.7. The predicted molar refractivity (Wildman–Crippen MR) is 71.2 cm³/mol. The molecule has 4 heteroatoms. The van der Waals surface area contributed by atoms with Gasteiger partial charge in [0, 0.05) is 26.2 Å². The largest absolute Gasteiger partial charge is 0.377 e. The lowest BCUT2D eigenvalue weighted by atomic mass is 9.82. The molecule has 3 unspecified atom stereocenters. The molecule has 2 N–H and O–H groups in total. The fourth-order valence-electron chi connectivity index (χ4n) is 3.37. The molecule has 0 radical (unpaired) electrons. The first-order valence-electron chi connectivity index (χ1n) is 7.01. The molecule has 3 atom stereocenters. The molecule has 0 spiro atoms. The Morgan fingerprint density at radius 2 is 2.06 bits per heavy atom. The molecule has 104 valence electrons. The Kier molecular flexibility index (Phi) is 3.70. The van der Waals surface area contributed by atoms with E-state index in [4.69, 9.17) is 10.5 Å². The first-order chi connectivity index (χ1) is 8.41. The van der Waals surface area contributed by atoms with Gasteiger partial charge in [0.05, 0.1) is 11.0 Å². The SMILES string of the molecule is COC1(C)CCCN(C(=O)C2(C)CCCC2N)C1. The molecule has 0 aromatic carbocycles. The molecule has 1 aliphatic carbocycles. The monoisotopic (exact) mass is 254 g/mol. The highest BCUT2D eigenvalue weighted by Crippen LogP contribution is 2.39. The van der Waals surface area contributed by atoms with Crippen LogP contribution in [0.2, 0.25) is 0 Å². The van der Waals surface area contributed by atoms with Gasteiger partial charge in [-0.1, -0.05) is 6.42 Å². The van der Waals surface area contributed by atoms with E-state index in [1.807, 2.05) is 11.8 Å². The van der Waals surface area contributed by atoms with Gasteiger partial charge in [0.2, 0.25) is 5.91 Å². The molecule has 0 aromatic heterocycles. The van der Waals surface area contributed by atoms with Crippen molar-refractivity contribution >= 4 is 5.91 Å². The number of methoxy groups -OCH3 is 1. The average Bonchev–Trinajstić information content (AvgIpc) is 2.70. The van der Waals surface area contributed by atoms with Gasteiger partial charge in [-0.15, -0.1) is 0 Å². The van der Waals surface area contributed by atoms with Crippen LogP contribution >= 0.6 is 0 Å². The standard InChI is InChI=1S/C14H26N2O2/c1-13(18-3)7-5-9-16(10-13)12(17)14(2)8-4-6-11(14)15/h11H,4-10,15H2,1-3H3. The number of carbonyl (C=O) groups excluding carboxylic acids is 1. The summed E-state index contributed by atoms with van der Waals surface area (Å²) >= 11 is 0. The lowest BCUT2D eigenvalue weighted by Gasteiger charge is -2.43. The molecule has 18 heavy (non-hydrogen) atoms. The summed E-state index contributed by atoms with van der Waals surface area (Å²) in [5.41, 5.74) is 5.60. The predicted octanol–water partition coefficient (Wildman–Crippen LogP) is 1.53. The molecule has 1 aliphatic heterocycles. The van der Waals surface area contributed by atoms with Crippen LogP contribution in [-0.2, 0) is 9.53 Å². The van der Waals surface area contributed by atoms with Gasteiger partial charge in [-0.3, -0.25) is 4.79 Å². The summed E-state index contributed by atoms with van der Waals surface area (Å²) in [6.07, 6.45) is 5.00. The van der Waals surface area contributed by atoms with Crippen molar-refractivity contribution in [3.05, 3.63) is 0 Å². The third-order valence-corrected chi connectivity index (χ3v) is 4.96. The van der Waals surface area contributed by atoms with E-state index in [0.29, 0.717) is 6.54 Å². The van der Waals surface area contributed by atoms with E-state index in [1.165, 1.54) is 0 Å². The van der Waals surface area contributed by atoms with Crippen LogP contribution in [0.15, 0.2) is 0 Å². The minimum atomic E-state index is -0.355. The highest BCUT2D eigenvalue weighted by atomic mass is 16.5. The number of hydrogen-bond acceptors (Lipinski definition) is 3.